The van der Waals surface area contributed by atoms with Crippen molar-refractivity contribution in [3.05, 3.63) is 11.3 Å². The van der Waals surface area contributed by atoms with Crippen molar-refractivity contribution in [3.8, 4) is 0 Å². The van der Waals surface area contributed by atoms with Crippen LogP contribution in [0.15, 0.2) is 0 Å². The lowest BCUT2D eigenvalue weighted by Gasteiger charge is -2.20. The maximum Gasteiger partial charge on any atom is 0.151 e. The third-order valence-corrected chi connectivity index (χ3v) is 2.78. The van der Waals surface area contributed by atoms with Gasteiger partial charge in [-0.15, -0.1) is 0 Å². The molecule has 1 aliphatic rings. The number of aromatic nitrogens is 2. The van der Waals surface area contributed by atoms with Crippen LogP contribution in [0.2, 0.25) is 0 Å². The van der Waals surface area contributed by atoms with Crippen LogP contribution in [0.3, 0.4) is 0 Å². The van der Waals surface area contributed by atoms with Gasteiger partial charge in [0.15, 0.2) is 5.82 Å². The van der Waals surface area contributed by atoms with Crippen molar-refractivity contribution in [2.75, 3.05) is 19.0 Å². The van der Waals surface area contributed by atoms with E-state index in [-0.39, 0.29) is 0 Å². The molecule has 1 atom stereocenters. The molecule has 0 radical (unpaired) electrons. The molecule has 2 N–H and O–H groups in total. The molecule has 1 aliphatic carbocycles. The number of nitrogens with zero attached hydrogens (tertiary/aromatic N) is 1. The van der Waals surface area contributed by atoms with Gasteiger partial charge < -0.3 is 10.1 Å². The summed E-state index contributed by atoms with van der Waals surface area (Å²) in [6.45, 7) is 2.99. The number of hydrogen-bond donors (Lipinski definition) is 2. The molecular weight excluding hydrogens is 178 g/mol. The fourth-order valence-electron chi connectivity index (χ4n) is 1.98. The molecular formula is C10H17N3O. The molecule has 1 unspecified atom stereocenters. The molecule has 0 bridgehead atoms. The molecule has 1 aromatic heterocycles. The van der Waals surface area contributed by atoms with Crippen LogP contribution in [0, 0.1) is 0 Å². The van der Waals surface area contributed by atoms with Gasteiger partial charge in [0.25, 0.3) is 0 Å². The fraction of sp³-hybridized carbons (Fsp3) is 0.700. The molecule has 0 aromatic carbocycles. The number of ether oxygens (including phenoxy) is 1. The standard InChI is InChI=1S/C10H17N3O/c1-3-11-10-8-6-7(14-2)4-5-9(8)12-13-10/h7H,3-6H2,1-2H3,(H2,11,12,13). The van der Waals surface area contributed by atoms with Crippen molar-refractivity contribution < 1.29 is 4.74 Å². The molecule has 0 saturated carbocycles. The van der Waals surface area contributed by atoms with Crippen LogP contribution in [0.5, 0.6) is 0 Å². The van der Waals surface area contributed by atoms with E-state index in [0.29, 0.717) is 6.10 Å². The predicted octanol–water partition coefficient (Wildman–Crippen LogP) is 1.35. The molecule has 4 nitrogen and oxygen atoms in total. The first-order valence-corrected chi connectivity index (χ1v) is 5.18. The van der Waals surface area contributed by atoms with Gasteiger partial charge >= 0.3 is 0 Å². The van der Waals surface area contributed by atoms with Crippen molar-refractivity contribution in [1.82, 2.24) is 10.2 Å². The van der Waals surface area contributed by atoms with Crippen LogP contribution in [-0.4, -0.2) is 30.0 Å². The lowest BCUT2D eigenvalue weighted by Crippen LogP contribution is -2.21. The van der Waals surface area contributed by atoms with Gasteiger partial charge in [-0.1, -0.05) is 0 Å². The van der Waals surface area contributed by atoms with Crippen LogP contribution in [0.25, 0.3) is 0 Å². The Morgan fingerprint density at radius 1 is 1.64 bits per heavy atom. The SMILES string of the molecule is CCNc1n[nH]c2c1CC(OC)CC2. The van der Waals surface area contributed by atoms with E-state index in [0.717, 1.165) is 31.6 Å². The average Bonchev–Trinajstić information content (AvgIpc) is 2.61. The van der Waals surface area contributed by atoms with Gasteiger partial charge in [-0.05, 0) is 19.8 Å². The Kier molecular flexibility index (Phi) is 2.72. The van der Waals surface area contributed by atoms with E-state index in [1.54, 1.807) is 7.11 Å². The van der Waals surface area contributed by atoms with Crippen molar-refractivity contribution in [1.29, 1.82) is 0 Å². The summed E-state index contributed by atoms with van der Waals surface area (Å²) < 4.78 is 5.38. The zero-order chi connectivity index (χ0) is 9.97. The van der Waals surface area contributed by atoms with Crippen LogP contribution in [0.4, 0.5) is 5.82 Å². The number of aromatic amines is 1. The van der Waals surface area contributed by atoms with Gasteiger partial charge in [0.1, 0.15) is 0 Å². The first-order chi connectivity index (χ1) is 6.85. The Hall–Kier alpha value is -1.03. The molecule has 4 heteroatoms. The molecule has 78 valence electrons. The molecule has 1 heterocycles. The van der Waals surface area contributed by atoms with Crippen LogP contribution in [0.1, 0.15) is 24.6 Å². The summed E-state index contributed by atoms with van der Waals surface area (Å²) in [5.41, 5.74) is 2.58. The highest BCUT2D eigenvalue weighted by atomic mass is 16.5. The first-order valence-electron chi connectivity index (χ1n) is 5.18. The summed E-state index contributed by atoms with van der Waals surface area (Å²) in [5.74, 6) is 1.00. The second-order valence-electron chi connectivity index (χ2n) is 3.66. The van der Waals surface area contributed by atoms with Crippen molar-refractivity contribution in [2.24, 2.45) is 0 Å². The number of methoxy groups -OCH3 is 1. The van der Waals surface area contributed by atoms with Crippen molar-refractivity contribution >= 4 is 5.82 Å². The molecule has 0 spiro atoms. The van der Waals surface area contributed by atoms with Gasteiger partial charge in [-0.25, -0.2) is 0 Å². The molecule has 14 heavy (non-hydrogen) atoms. The second-order valence-corrected chi connectivity index (χ2v) is 3.66. The highest BCUT2D eigenvalue weighted by molar-refractivity contribution is 5.47. The van der Waals surface area contributed by atoms with Crippen LogP contribution in [-0.2, 0) is 17.6 Å². The maximum absolute atomic E-state index is 5.38. The molecule has 0 amide bonds. The minimum absolute atomic E-state index is 0.359. The minimum Gasteiger partial charge on any atom is -0.381 e. The molecule has 0 aliphatic heterocycles. The number of fused-ring (bicyclic) bond motifs is 1. The van der Waals surface area contributed by atoms with E-state index in [9.17, 15) is 0 Å². The third-order valence-electron chi connectivity index (χ3n) is 2.78. The number of aryl methyl sites for hydroxylation is 1. The van der Waals surface area contributed by atoms with Crippen LogP contribution < -0.4 is 5.32 Å². The third kappa shape index (κ3) is 1.62. The Labute approximate surface area is 84.0 Å². The van der Waals surface area contributed by atoms with Crippen molar-refractivity contribution in [2.45, 2.75) is 32.3 Å². The second kappa shape index (κ2) is 4.00. The fourth-order valence-corrected chi connectivity index (χ4v) is 1.98. The van der Waals surface area contributed by atoms with E-state index in [2.05, 4.69) is 22.4 Å². The Morgan fingerprint density at radius 2 is 2.50 bits per heavy atom. The van der Waals surface area contributed by atoms with E-state index in [4.69, 9.17) is 4.74 Å². The highest BCUT2D eigenvalue weighted by Gasteiger charge is 2.22. The van der Waals surface area contributed by atoms with E-state index in [1.807, 2.05) is 0 Å². The average molecular weight is 195 g/mol. The number of H-pyrrole nitrogens is 1. The lowest BCUT2D eigenvalue weighted by atomic mass is 9.95. The van der Waals surface area contributed by atoms with Crippen molar-refractivity contribution in [3.63, 3.8) is 0 Å². The largest absolute Gasteiger partial charge is 0.381 e. The Morgan fingerprint density at radius 3 is 3.21 bits per heavy atom. The Bertz CT molecular complexity index is 308. The summed E-state index contributed by atoms with van der Waals surface area (Å²) in [6, 6.07) is 0. The summed E-state index contributed by atoms with van der Waals surface area (Å²) in [7, 11) is 1.78. The summed E-state index contributed by atoms with van der Waals surface area (Å²) in [5, 5.41) is 10.6. The molecule has 2 rings (SSSR count). The first kappa shape index (κ1) is 9.52. The molecule has 0 saturated heterocycles. The van der Waals surface area contributed by atoms with Gasteiger partial charge in [-0.2, -0.15) is 5.10 Å². The van der Waals surface area contributed by atoms with Gasteiger partial charge in [-0.3, -0.25) is 5.10 Å². The topological polar surface area (TPSA) is 49.9 Å². The quantitative estimate of drug-likeness (QED) is 0.765. The predicted molar refractivity (Wildman–Crippen MR) is 55.6 cm³/mol. The number of anilines is 1. The van der Waals surface area contributed by atoms with Crippen LogP contribution >= 0.6 is 0 Å². The maximum atomic E-state index is 5.38. The normalized spacial score (nSPS) is 20.6. The highest BCUT2D eigenvalue weighted by Crippen LogP contribution is 2.26. The molecule has 0 fully saturated rings. The zero-order valence-corrected chi connectivity index (χ0v) is 8.76. The summed E-state index contributed by atoms with van der Waals surface area (Å²) in [4.78, 5) is 0. The zero-order valence-electron chi connectivity index (χ0n) is 8.76. The summed E-state index contributed by atoms with van der Waals surface area (Å²) in [6.07, 6.45) is 3.48. The van der Waals surface area contributed by atoms with E-state index in [1.165, 1.54) is 11.3 Å². The minimum atomic E-state index is 0.359. The Balaban J connectivity index is 2.19. The van der Waals surface area contributed by atoms with Gasteiger partial charge in [0.2, 0.25) is 0 Å². The summed E-state index contributed by atoms with van der Waals surface area (Å²) >= 11 is 0. The number of hydrogen-bond acceptors (Lipinski definition) is 3. The lowest BCUT2D eigenvalue weighted by molar-refractivity contribution is 0.0910. The van der Waals surface area contributed by atoms with E-state index < -0.39 is 0 Å². The number of nitrogens with one attached hydrogen (secondary N) is 2. The van der Waals surface area contributed by atoms with Gasteiger partial charge in [0, 0.05) is 31.3 Å². The smallest absolute Gasteiger partial charge is 0.151 e. The van der Waals surface area contributed by atoms with Gasteiger partial charge in [0.05, 0.1) is 6.10 Å². The molecule has 1 aromatic rings. The number of rotatable bonds is 3. The van der Waals surface area contributed by atoms with E-state index >= 15 is 0 Å². The monoisotopic (exact) mass is 195 g/mol.